The zero-order chi connectivity index (χ0) is 19.6. The molecule has 0 bridgehead atoms. The quantitative estimate of drug-likeness (QED) is 0.657. The van der Waals surface area contributed by atoms with E-state index >= 15 is 0 Å². The first-order chi connectivity index (χ1) is 12.7. The minimum atomic E-state index is -3.73. The molecule has 0 unspecified atom stereocenters. The Morgan fingerprint density at radius 3 is 2.37 bits per heavy atom. The van der Waals surface area contributed by atoms with Gasteiger partial charge >= 0.3 is 0 Å². The maximum absolute atomic E-state index is 12.1. The lowest BCUT2D eigenvalue weighted by Crippen LogP contribution is -2.29. The van der Waals surface area contributed by atoms with Crippen molar-refractivity contribution in [3.05, 3.63) is 36.4 Å². The Kier molecular flexibility index (Phi) is 5.33. The van der Waals surface area contributed by atoms with Gasteiger partial charge in [-0.3, -0.25) is 0 Å². The van der Waals surface area contributed by atoms with Crippen LogP contribution in [0.4, 0.5) is 0 Å². The molecule has 2 heterocycles. The van der Waals surface area contributed by atoms with Crippen LogP contribution in [0, 0.1) is 0 Å². The van der Waals surface area contributed by atoms with Crippen molar-refractivity contribution in [2.75, 3.05) is 0 Å². The predicted molar refractivity (Wildman–Crippen MR) is 98.7 cm³/mol. The lowest BCUT2D eigenvalue weighted by Gasteiger charge is -2.09. The van der Waals surface area contributed by atoms with Crippen molar-refractivity contribution >= 4 is 10.0 Å². The Labute approximate surface area is 157 Å². The molecule has 0 radical (unpaired) electrons. The molecule has 27 heavy (non-hydrogen) atoms. The minimum absolute atomic E-state index is 0.0854. The van der Waals surface area contributed by atoms with Crippen molar-refractivity contribution in [2.45, 2.75) is 44.9 Å². The molecule has 3 rings (SSSR count). The molecule has 0 saturated carbocycles. The Morgan fingerprint density at radius 2 is 1.74 bits per heavy atom. The molecule has 0 fully saturated rings. The van der Waals surface area contributed by atoms with E-state index in [4.69, 9.17) is 13.7 Å². The molecule has 144 valence electrons. The van der Waals surface area contributed by atoms with Crippen molar-refractivity contribution in [1.82, 2.24) is 14.9 Å². The van der Waals surface area contributed by atoms with E-state index < -0.39 is 10.0 Å². The molecule has 0 aliphatic carbocycles. The number of sulfonamides is 1. The van der Waals surface area contributed by atoms with Crippen LogP contribution in [0.25, 0.3) is 23.0 Å². The number of nitrogens with zero attached hydrogens (tertiary/aromatic N) is 2. The van der Waals surface area contributed by atoms with Gasteiger partial charge in [-0.15, -0.1) is 0 Å². The van der Waals surface area contributed by atoms with Gasteiger partial charge < -0.3 is 13.7 Å². The summed E-state index contributed by atoms with van der Waals surface area (Å²) in [6, 6.07) is 9.85. The molecule has 0 spiro atoms. The number of furan rings is 1. The number of nitrogens with one attached hydrogen (secondary N) is 1. The highest BCUT2D eigenvalue weighted by Crippen LogP contribution is 2.26. The van der Waals surface area contributed by atoms with E-state index in [1.807, 2.05) is 38.1 Å². The molecule has 9 heteroatoms. The molecule has 2 aromatic heterocycles. The smallest absolute Gasteiger partial charge is 0.293 e. The Balaban J connectivity index is 1.80. The van der Waals surface area contributed by atoms with Crippen LogP contribution in [-0.2, 0) is 10.0 Å². The fourth-order valence-electron chi connectivity index (χ4n) is 2.34. The first-order valence-electron chi connectivity index (χ1n) is 8.48. The third-order valence-electron chi connectivity index (χ3n) is 3.36. The average molecular weight is 391 g/mol. The van der Waals surface area contributed by atoms with E-state index in [2.05, 4.69) is 14.9 Å². The number of hydrogen-bond donors (Lipinski definition) is 1. The van der Waals surface area contributed by atoms with Gasteiger partial charge in [0.1, 0.15) is 5.75 Å². The van der Waals surface area contributed by atoms with Crippen LogP contribution in [0.5, 0.6) is 5.75 Å². The predicted octanol–water partition coefficient (Wildman–Crippen LogP) is 3.47. The SMILES string of the molecule is CC(C)NS(=O)(=O)c1ccc(-c2nc(-c3ccc(OC(C)C)cc3)no2)o1. The van der Waals surface area contributed by atoms with Crippen LogP contribution in [0.3, 0.4) is 0 Å². The molecule has 0 amide bonds. The molecule has 0 saturated heterocycles. The maximum atomic E-state index is 12.1. The first kappa shape index (κ1) is 19.1. The average Bonchev–Trinajstić information content (AvgIpc) is 3.23. The highest BCUT2D eigenvalue weighted by Gasteiger charge is 2.22. The zero-order valence-corrected chi connectivity index (χ0v) is 16.3. The number of benzene rings is 1. The van der Waals surface area contributed by atoms with Gasteiger partial charge in [-0.1, -0.05) is 5.16 Å². The normalized spacial score (nSPS) is 12.1. The highest BCUT2D eigenvalue weighted by molar-refractivity contribution is 7.89. The second kappa shape index (κ2) is 7.53. The highest BCUT2D eigenvalue weighted by atomic mass is 32.2. The zero-order valence-electron chi connectivity index (χ0n) is 15.5. The number of rotatable bonds is 7. The molecule has 1 N–H and O–H groups in total. The Morgan fingerprint density at radius 1 is 1.04 bits per heavy atom. The molecule has 8 nitrogen and oxygen atoms in total. The van der Waals surface area contributed by atoms with Crippen LogP contribution in [0.15, 0.2) is 50.4 Å². The van der Waals surface area contributed by atoms with Gasteiger partial charge in [-0.25, -0.2) is 13.1 Å². The van der Waals surface area contributed by atoms with Crippen LogP contribution in [-0.4, -0.2) is 30.7 Å². The molecule has 1 aromatic carbocycles. The van der Waals surface area contributed by atoms with E-state index in [9.17, 15) is 8.42 Å². The summed E-state index contributed by atoms with van der Waals surface area (Å²) in [6.45, 7) is 7.36. The summed E-state index contributed by atoms with van der Waals surface area (Å²) in [5.74, 6) is 1.38. The standard InChI is InChI=1S/C18H21N3O5S/c1-11(2)21-27(22,23)16-10-9-15(25-16)18-19-17(20-26-18)13-5-7-14(8-6-13)24-12(3)4/h5-12,21H,1-4H3. The van der Waals surface area contributed by atoms with Gasteiger partial charge in [0.25, 0.3) is 15.9 Å². The van der Waals surface area contributed by atoms with Crippen LogP contribution < -0.4 is 9.46 Å². The summed E-state index contributed by atoms with van der Waals surface area (Å²) in [5, 5.41) is 3.71. The Hall–Kier alpha value is -2.65. The summed E-state index contributed by atoms with van der Waals surface area (Å²) >= 11 is 0. The topological polar surface area (TPSA) is 107 Å². The van der Waals surface area contributed by atoms with E-state index in [0.29, 0.717) is 5.82 Å². The fourth-order valence-corrected chi connectivity index (χ4v) is 3.53. The minimum Gasteiger partial charge on any atom is -0.491 e. The summed E-state index contributed by atoms with van der Waals surface area (Å²) in [7, 11) is -3.73. The van der Waals surface area contributed by atoms with Crippen LogP contribution in [0.2, 0.25) is 0 Å². The first-order valence-corrected chi connectivity index (χ1v) is 9.96. The second-order valence-corrected chi connectivity index (χ2v) is 8.15. The summed E-state index contributed by atoms with van der Waals surface area (Å²) in [6.07, 6.45) is 0.0854. The summed E-state index contributed by atoms with van der Waals surface area (Å²) < 4.78 is 42.9. The molecule has 0 aliphatic rings. The molecular weight excluding hydrogens is 370 g/mol. The van der Waals surface area contributed by atoms with E-state index in [-0.39, 0.29) is 28.9 Å². The van der Waals surface area contributed by atoms with Crippen molar-refractivity contribution in [3.63, 3.8) is 0 Å². The maximum Gasteiger partial charge on any atom is 0.293 e. The van der Waals surface area contributed by atoms with Gasteiger partial charge in [-0.05, 0) is 64.1 Å². The lowest BCUT2D eigenvalue weighted by atomic mass is 10.2. The number of hydrogen-bond acceptors (Lipinski definition) is 7. The Bertz CT molecular complexity index is 1000. The van der Waals surface area contributed by atoms with Crippen LogP contribution in [0.1, 0.15) is 27.7 Å². The van der Waals surface area contributed by atoms with Gasteiger partial charge in [0.2, 0.25) is 10.9 Å². The monoisotopic (exact) mass is 391 g/mol. The fraction of sp³-hybridized carbons (Fsp3) is 0.333. The third kappa shape index (κ3) is 4.55. The largest absolute Gasteiger partial charge is 0.491 e. The van der Waals surface area contributed by atoms with E-state index in [0.717, 1.165) is 11.3 Å². The molecule has 3 aromatic rings. The number of ether oxygens (including phenoxy) is 1. The van der Waals surface area contributed by atoms with Crippen molar-refractivity contribution in [2.24, 2.45) is 0 Å². The third-order valence-corrected chi connectivity index (χ3v) is 4.89. The van der Waals surface area contributed by atoms with Crippen LogP contribution >= 0.6 is 0 Å². The van der Waals surface area contributed by atoms with Gasteiger partial charge in [0, 0.05) is 11.6 Å². The van der Waals surface area contributed by atoms with Crippen molar-refractivity contribution in [3.8, 4) is 28.8 Å². The second-order valence-electron chi connectivity index (χ2n) is 6.51. The van der Waals surface area contributed by atoms with Crippen molar-refractivity contribution in [1.29, 1.82) is 0 Å². The molecule has 0 atom stereocenters. The summed E-state index contributed by atoms with van der Waals surface area (Å²) in [4.78, 5) is 4.27. The van der Waals surface area contributed by atoms with E-state index in [1.165, 1.54) is 12.1 Å². The van der Waals surface area contributed by atoms with Gasteiger partial charge in [-0.2, -0.15) is 4.98 Å². The van der Waals surface area contributed by atoms with Gasteiger partial charge in [0.15, 0.2) is 5.76 Å². The van der Waals surface area contributed by atoms with Crippen molar-refractivity contribution < 1.29 is 22.1 Å². The lowest BCUT2D eigenvalue weighted by molar-refractivity contribution is 0.242. The molecule has 0 aliphatic heterocycles. The van der Waals surface area contributed by atoms with E-state index in [1.54, 1.807) is 13.8 Å². The van der Waals surface area contributed by atoms with Gasteiger partial charge in [0.05, 0.1) is 6.10 Å². The molecular formula is C18H21N3O5S. The number of aromatic nitrogens is 2. The summed E-state index contributed by atoms with van der Waals surface area (Å²) in [5.41, 5.74) is 0.738.